The second kappa shape index (κ2) is 5.23. The summed E-state index contributed by atoms with van der Waals surface area (Å²) in [5.41, 5.74) is 1.15. The molecule has 106 valence electrons. The molecular formula is C17H21NOS. The molecule has 0 aliphatic carbocycles. The van der Waals surface area contributed by atoms with E-state index in [1.54, 1.807) is 0 Å². The minimum atomic E-state index is -0.124. The van der Waals surface area contributed by atoms with Crippen LogP contribution >= 0.6 is 11.3 Å². The van der Waals surface area contributed by atoms with Gasteiger partial charge in [0.25, 0.3) is 0 Å². The molecule has 1 aliphatic heterocycles. The van der Waals surface area contributed by atoms with Crippen molar-refractivity contribution in [2.75, 3.05) is 0 Å². The molecule has 2 aromatic rings. The van der Waals surface area contributed by atoms with E-state index in [1.165, 1.54) is 10.4 Å². The summed E-state index contributed by atoms with van der Waals surface area (Å²) in [6.45, 7) is 6.55. The van der Waals surface area contributed by atoms with Crippen LogP contribution in [0.2, 0.25) is 0 Å². The Morgan fingerprint density at radius 2 is 2.05 bits per heavy atom. The molecule has 3 heteroatoms. The van der Waals surface area contributed by atoms with Gasteiger partial charge in [-0.15, -0.1) is 11.3 Å². The number of hydrogen-bond donors (Lipinski definition) is 1. The van der Waals surface area contributed by atoms with E-state index in [9.17, 15) is 0 Å². The van der Waals surface area contributed by atoms with Crippen LogP contribution in [-0.2, 0) is 0 Å². The Hall–Kier alpha value is -1.32. The maximum absolute atomic E-state index is 6.08. The Labute approximate surface area is 124 Å². The predicted octanol–water partition coefficient (Wildman–Crippen LogP) is 4.70. The lowest BCUT2D eigenvalue weighted by molar-refractivity contribution is 0.0641. The molecule has 0 saturated carbocycles. The summed E-state index contributed by atoms with van der Waals surface area (Å²) >= 11 is 1.81. The SMILES string of the molecule is C[C@H](NC1CC(C)(C)Oc2ccccc21)c1cccs1. The summed E-state index contributed by atoms with van der Waals surface area (Å²) in [6.07, 6.45) is 0.986. The van der Waals surface area contributed by atoms with E-state index in [0.29, 0.717) is 12.1 Å². The van der Waals surface area contributed by atoms with Gasteiger partial charge in [0.1, 0.15) is 11.4 Å². The minimum absolute atomic E-state index is 0.124. The molecule has 1 aliphatic rings. The van der Waals surface area contributed by atoms with Crippen molar-refractivity contribution >= 4 is 11.3 Å². The molecule has 3 rings (SSSR count). The fraction of sp³-hybridized carbons (Fsp3) is 0.412. The fourth-order valence-corrected chi connectivity index (χ4v) is 3.62. The van der Waals surface area contributed by atoms with Gasteiger partial charge < -0.3 is 10.1 Å². The van der Waals surface area contributed by atoms with Crippen LogP contribution in [0.15, 0.2) is 41.8 Å². The molecule has 0 radical (unpaired) electrons. The number of para-hydroxylation sites is 1. The van der Waals surface area contributed by atoms with E-state index >= 15 is 0 Å². The Bertz CT molecular complexity index is 576. The lowest BCUT2D eigenvalue weighted by atomic mass is 9.89. The van der Waals surface area contributed by atoms with E-state index in [0.717, 1.165) is 12.2 Å². The van der Waals surface area contributed by atoms with E-state index in [2.05, 4.69) is 61.8 Å². The van der Waals surface area contributed by atoms with Crippen LogP contribution in [0.1, 0.15) is 49.7 Å². The van der Waals surface area contributed by atoms with E-state index < -0.39 is 0 Å². The lowest BCUT2D eigenvalue weighted by Gasteiger charge is -2.39. The van der Waals surface area contributed by atoms with Crippen LogP contribution in [0.25, 0.3) is 0 Å². The number of benzene rings is 1. The average Bonchev–Trinajstić information content (AvgIpc) is 2.91. The summed E-state index contributed by atoms with van der Waals surface area (Å²) in [5.74, 6) is 1.01. The number of nitrogens with one attached hydrogen (secondary N) is 1. The van der Waals surface area contributed by atoms with Crippen molar-refractivity contribution in [2.45, 2.75) is 44.9 Å². The number of ether oxygens (including phenoxy) is 1. The molecular weight excluding hydrogens is 266 g/mol. The van der Waals surface area contributed by atoms with Crippen LogP contribution < -0.4 is 10.1 Å². The van der Waals surface area contributed by atoms with Gasteiger partial charge in [-0.2, -0.15) is 0 Å². The molecule has 0 fully saturated rings. The van der Waals surface area contributed by atoms with Crippen LogP contribution in [0.5, 0.6) is 5.75 Å². The molecule has 20 heavy (non-hydrogen) atoms. The normalized spacial score (nSPS) is 21.9. The van der Waals surface area contributed by atoms with Crippen LogP contribution in [0, 0.1) is 0 Å². The standard InChI is InChI=1S/C17H21NOS/c1-12(16-9-6-10-20-16)18-14-11-17(2,3)19-15-8-5-4-7-13(14)15/h4-10,12,14,18H,11H2,1-3H3/t12-,14?/m0/s1. The molecule has 1 aromatic carbocycles. The summed E-state index contributed by atoms with van der Waals surface area (Å²) in [5, 5.41) is 5.90. The van der Waals surface area contributed by atoms with Crippen molar-refractivity contribution in [1.82, 2.24) is 5.32 Å². The molecule has 1 unspecified atom stereocenters. The smallest absolute Gasteiger partial charge is 0.124 e. The summed E-state index contributed by atoms with van der Waals surface area (Å²) in [6, 6.07) is 13.4. The molecule has 1 aromatic heterocycles. The zero-order valence-corrected chi connectivity index (χ0v) is 13.0. The van der Waals surface area contributed by atoms with Gasteiger partial charge >= 0.3 is 0 Å². The third-order valence-electron chi connectivity index (χ3n) is 3.80. The number of rotatable bonds is 3. The second-order valence-electron chi connectivity index (χ2n) is 6.06. The largest absolute Gasteiger partial charge is 0.487 e. The van der Waals surface area contributed by atoms with Gasteiger partial charge in [-0.05, 0) is 38.3 Å². The zero-order valence-electron chi connectivity index (χ0n) is 12.2. The quantitative estimate of drug-likeness (QED) is 0.883. The predicted molar refractivity (Wildman–Crippen MR) is 84.4 cm³/mol. The van der Waals surface area contributed by atoms with E-state index in [-0.39, 0.29) is 5.60 Å². The monoisotopic (exact) mass is 287 g/mol. The van der Waals surface area contributed by atoms with Gasteiger partial charge in [0.2, 0.25) is 0 Å². The van der Waals surface area contributed by atoms with Gasteiger partial charge in [0.05, 0.1) is 0 Å². The van der Waals surface area contributed by atoms with Crippen molar-refractivity contribution in [1.29, 1.82) is 0 Å². The third-order valence-corrected chi connectivity index (χ3v) is 4.85. The Morgan fingerprint density at radius 3 is 2.80 bits per heavy atom. The van der Waals surface area contributed by atoms with Gasteiger partial charge in [0, 0.05) is 28.9 Å². The maximum atomic E-state index is 6.08. The first-order valence-electron chi connectivity index (χ1n) is 7.12. The lowest BCUT2D eigenvalue weighted by Crippen LogP contribution is -2.40. The van der Waals surface area contributed by atoms with Crippen molar-refractivity contribution < 1.29 is 4.74 Å². The van der Waals surface area contributed by atoms with Crippen molar-refractivity contribution in [3.63, 3.8) is 0 Å². The number of fused-ring (bicyclic) bond motifs is 1. The molecule has 2 heterocycles. The molecule has 0 bridgehead atoms. The number of hydrogen-bond acceptors (Lipinski definition) is 3. The van der Waals surface area contributed by atoms with Crippen LogP contribution in [0.4, 0.5) is 0 Å². The summed E-state index contributed by atoms with van der Waals surface area (Å²) < 4.78 is 6.08. The highest BCUT2D eigenvalue weighted by Crippen LogP contribution is 2.40. The first-order chi connectivity index (χ1) is 9.55. The average molecular weight is 287 g/mol. The molecule has 0 saturated heterocycles. The third kappa shape index (κ3) is 2.74. The zero-order chi connectivity index (χ0) is 14.2. The van der Waals surface area contributed by atoms with Crippen molar-refractivity contribution in [3.8, 4) is 5.75 Å². The first-order valence-corrected chi connectivity index (χ1v) is 8.00. The summed E-state index contributed by atoms with van der Waals surface area (Å²) in [7, 11) is 0. The van der Waals surface area contributed by atoms with Crippen LogP contribution in [0.3, 0.4) is 0 Å². The van der Waals surface area contributed by atoms with Crippen molar-refractivity contribution in [2.24, 2.45) is 0 Å². The van der Waals surface area contributed by atoms with Gasteiger partial charge in [-0.25, -0.2) is 0 Å². The van der Waals surface area contributed by atoms with Gasteiger partial charge in [-0.3, -0.25) is 0 Å². The first kappa shape index (κ1) is 13.7. The van der Waals surface area contributed by atoms with Crippen LogP contribution in [-0.4, -0.2) is 5.60 Å². The van der Waals surface area contributed by atoms with E-state index in [1.807, 2.05) is 17.4 Å². The summed E-state index contributed by atoms with van der Waals surface area (Å²) in [4.78, 5) is 1.38. The highest BCUT2D eigenvalue weighted by atomic mass is 32.1. The van der Waals surface area contributed by atoms with E-state index in [4.69, 9.17) is 4.74 Å². The minimum Gasteiger partial charge on any atom is -0.487 e. The molecule has 1 N–H and O–H groups in total. The van der Waals surface area contributed by atoms with Crippen molar-refractivity contribution in [3.05, 3.63) is 52.2 Å². The Balaban J connectivity index is 1.85. The highest BCUT2D eigenvalue weighted by Gasteiger charge is 2.34. The second-order valence-corrected chi connectivity index (χ2v) is 7.04. The molecule has 0 spiro atoms. The Morgan fingerprint density at radius 1 is 1.25 bits per heavy atom. The highest BCUT2D eigenvalue weighted by molar-refractivity contribution is 7.10. The number of thiophene rings is 1. The topological polar surface area (TPSA) is 21.3 Å². The molecule has 2 nitrogen and oxygen atoms in total. The molecule has 2 atom stereocenters. The van der Waals surface area contributed by atoms with Gasteiger partial charge in [0.15, 0.2) is 0 Å². The molecule has 0 amide bonds. The maximum Gasteiger partial charge on any atom is 0.124 e. The van der Waals surface area contributed by atoms with Gasteiger partial charge in [-0.1, -0.05) is 24.3 Å². The fourth-order valence-electron chi connectivity index (χ4n) is 2.87. The Kier molecular flexibility index (Phi) is 3.57.